The van der Waals surface area contributed by atoms with Crippen LogP contribution in [0.4, 0.5) is 10.1 Å². The van der Waals surface area contributed by atoms with E-state index in [1.807, 2.05) is 0 Å². The first-order chi connectivity index (χ1) is 12.1. The normalized spacial score (nSPS) is 11.5. The van der Waals surface area contributed by atoms with E-state index < -0.39 is 28.3 Å². The summed E-state index contributed by atoms with van der Waals surface area (Å²) in [6, 6.07) is 8.07. The van der Waals surface area contributed by atoms with Gasteiger partial charge in [0.2, 0.25) is 15.9 Å². The van der Waals surface area contributed by atoms with Crippen LogP contribution in [-0.4, -0.2) is 39.3 Å². The number of nitrogens with one attached hydrogen (secondary N) is 1. The van der Waals surface area contributed by atoms with Gasteiger partial charge in [-0.2, -0.15) is 4.31 Å². The molecule has 0 saturated carbocycles. The van der Waals surface area contributed by atoms with Crippen molar-refractivity contribution >= 4 is 33.2 Å². The van der Waals surface area contributed by atoms with E-state index in [4.69, 9.17) is 16.3 Å². The van der Waals surface area contributed by atoms with Crippen molar-refractivity contribution in [1.29, 1.82) is 0 Å². The van der Waals surface area contributed by atoms with Crippen molar-refractivity contribution in [2.24, 2.45) is 0 Å². The number of halogens is 2. The zero-order valence-electron chi connectivity index (χ0n) is 14.4. The number of carbonyl (C=O) groups excluding carboxylic acids is 1. The molecule has 0 heterocycles. The molecular formula is C17H18ClFN2O4S. The lowest BCUT2D eigenvalue weighted by molar-refractivity contribution is -0.116. The average Bonchev–Trinajstić information content (AvgIpc) is 2.57. The smallest absolute Gasteiger partial charge is 0.247 e. The number of anilines is 1. The Hall–Kier alpha value is -2.16. The van der Waals surface area contributed by atoms with Crippen LogP contribution in [0.25, 0.3) is 0 Å². The van der Waals surface area contributed by atoms with Gasteiger partial charge in [-0.1, -0.05) is 11.6 Å². The van der Waals surface area contributed by atoms with Crippen molar-refractivity contribution in [2.75, 3.05) is 26.0 Å². The Kier molecular flexibility index (Phi) is 6.22. The molecule has 2 aromatic carbocycles. The van der Waals surface area contributed by atoms with Gasteiger partial charge in [-0.05, 0) is 48.9 Å². The number of methoxy groups -OCH3 is 1. The second-order valence-corrected chi connectivity index (χ2v) is 8.01. The minimum atomic E-state index is -4.12. The number of sulfonamides is 1. The Morgan fingerprint density at radius 1 is 1.27 bits per heavy atom. The summed E-state index contributed by atoms with van der Waals surface area (Å²) in [5.41, 5.74) is 1.26. The second kappa shape index (κ2) is 8.03. The summed E-state index contributed by atoms with van der Waals surface area (Å²) in [5, 5.41) is 3.15. The first-order valence-corrected chi connectivity index (χ1v) is 9.33. The number of amides is 1. The number of benzene rings is 2. The van der Waals surface area contributed by atoms with E-state index >= 15 is 0 Å². The zero-order valence-corrected chi connectivity index (χ0v) is 16.0. The predicted molar refractivity (Wildman–Crippen MR) is 97.6 cm³/mol. The summed E-state index contributed by atoms with van der Waals surface area (Å²) in [4.78, 5) is 11.9. The third kappa shape index (κ3) is 4.51. The van der Waals surface area contributed by atoms with Gasteiger partial charge in [0.15, 0.2) is 0 Å². The summed E-state index contributed by atoms with van der Waals surface area (Å²) >= 11 is 5.86. The van der Waals surface area contributed by atoms with Crippen LogP contribution >= 0.6 is 11.6 Å². The quantitative estimate of drug-likeness (QED) is 0.808. The molecule has 0 atom stereocenters. The molecule has 0 aliphatic carbocycles. The molecule has 0 saturated heterocycles. The van der Waals surface area contributed by atoms with Crippen LogP contribution in [0.3, 0.4) is 0 Å². The summed E-state index contributed by atoms with van der Waals surface area (Å²) in [5.74, 6) is -1.27. The van der Waals surface area contributed by atoms with Gasteiger partial charge in [-0.15, -0.1) is 0 Å². The first kappa shape index (κ1) is 20.2. The standard InChI is InChI=1S/C17H18ClFN2O4S/c1-11-8-12(18)4-6-14(11)20-17(22)10-21(2)26(23,24)16-9-13(19)5-7-15(16)25-3/h4-9H,10H2,1-3H3,(H,20,22). The molecule has 140 valence electrons. The molecule has 2 rings (SSSR count). The van der Waals surface area contributed by atoms with E-state index in [1.54, 1.807) is 25.1 Å². The highest BCUT2D eigenvalue weighted by Gasteiger charge is 2.27. The number of likely N-dealkylation sites (N-methyl/N-ethyl adjacent to an activating group) is 1. The Balaban J connectivity index is 2.19. The van der Waals surface area contributed by atoms with Crippen LogP contribution in [0.15, 0.2) is 41.3 Å². The average molecular weight is 401 g/mol. The van der Waals surface area contributed by atoms with E-state index in [-0.39, 0.29) is 10.6 Å². The highest BCUT2D eigenvalue weighted by molar-refractivity contribution is 7.89. The van der Waals surface area contributed by atoms with E-state index in [9.17, 15) is 17.6 Å². The maximum atomic E-state index is 13.5. The van der Waals surface area contributed by atoms with Crippen LogP contribution in [0, 0.1) is 12.7 Å². The van der Waals surface area contributed by atoms with Crippen LogP contribution in [-0.2, 0) is 14.8 Å². The van der Waals surface area contributed by atoms with Gasteiger partial charge in [0, 0.05) is 17.8 Å². The molecule has 9 heteroatoms. The van der Waals surface area contributed by atoms with Gasteiger partial charge in [0.25, 0.3) is 0 Å². The van der Waals surface area contributed by atoms with Gasteiger partial charge in [0.05, 0.1) is 13.7 Å². The second-order valence-electron chi connectivity index (χ2n) is 5.56. The molecule has 2 aromatic rings. The van der Waals surface area contributed by atoms with Crippen LogP contribution in [0.2, 0.25) is 5.02 Å². The van der Waals surface area contributed by atoms with Crippen molar-refractivity contribution in [2.45, 2.75) is 11.8 Å². The number of rotatable bonds is 6. The molecule has 0 aliphatic heterocycles. The molecule has 1 N–H and O–H groups in total. The third-order valence-electron chi connectivity index (χ3n) is 3.64. The molecule has 0 aromatic heterocycles. The lowest BCUT2D eigenvalue weighted by atomic mass is 10.2. The molecule has 0 bridgehead atoms. The molecular weight excluding hydrogens is 383 g/mol. The number of hydrogen-bond acceptors (Lipinski definition) is 4. The zero-order chi connectivity index (χ0) is 19.5. The number of hydrogen-bond donors (Lipinski definition) is 1. The van der Waals surface area contributed by atoms with Gasteiger partial charge in [0.1, 0.15) is 16.5 Å². The van der Waals surface area contributed by atoms with E-state index in [1.165, 1.54) is 20.2 Å². The molecule has 26 heavy (non-hydrogen) atoms. The predicted octanol–water partition coefficient (Wildman–Crippen LogP) is 3.06. The lowest BCUT2D eigenvalue weighted by Gasteiger charge is -2.19. The maximum Gasteiger partial charge on any atom is 0.247 e. The summed E-state index contributed by atoms with van der Waals surface area (Å²) in [6.07, 6.45) is 0. The number of nitrogens with zero attached hydrogens (tertiary/aromatic N) is 1. The fraction of sp³-hybridized carbons (Fsp3) is 0.235. The monoisotopic (exact) mass is 400 g/mol. The topological polar surface area (TPSA) is 75.7 Å². The van der Waals surface area contributed by atoms with E-state index in [0.29, 0.717) is 10.7 Å². The minimum absolute atomic E-state index is 0.00722. The molecule has 6 nitrogen and oxygen atoms in total. The summed E-state index contributed by atoms with van der Waals surface area (Å²) < 4.78 is 44.6. The fourth-order valence-electron chi connectivity index (χ4n) is 2.26. The SMILES string of the molecule is COc1ccc(F)cc1S(=O)(=O)N(C)CC(=O)Nc1ccc(Cl)cc1C. The van der Waals surface area contributed by atoms with Crippen molar-refractivity contribution < 1.29 is 22.3 Å². The van der Waals surface area contributed by atoms with Crippen molar-refractivity contribution in [1.82, 2.24) is 4.31 Å². The highest BCUT2D eigenvalue weighted by atomic mass is 35.5. The summed E-state index contributed by atoms with van der Waals surface area (Å²) in [7, 11) is -1.61. The van der Waals surface area contributed by atoms with Gasteiger partial charge >= 0.3 is 0 Å². The Labute approximate surface area is 156 Å². The Morgan fingerprint density at radius 2 is 1.96 bits per heavy atom. The minimum Gasteiger partial charge on any atom is -0.495 e. The lowest BCUT2D eigenvalue weighted by Crippen LogP contribution is -2.35. The van der Waals surface area contributed by atoms with E-state index in [0.717, 1.165) is 22.0 Å². The van der Waals surface area contributed by atoms with Crippen molar-refractivity contribution in [3.8, 4) is 5.75 Å². The highest BCUT2D eigenvalue weighted by Crippen LogP contribution is 2.27. The van der Waals surface area contributed by atoms with Crippen LogP contribution < -0.4 is 10.1 Å². The van der Waals surface area contributed by atoms with Gasteiger partial charge in [-0.3, -0.25) is 4.79 Å². The van der Waals surface area contributed by atoms with Crippen molar-refractivity contribution in [3.05, 3.63) is 52.8 Å². The first-order valence-electron chi connectivity index (χ1n) is 7.51. The van der Waals surface area contributed by atoms with Gasteiger partial charge < -0.3 is 10.1 Å². The fourth-order valence-corrected chi connectivity index (χ4v) is 3.78. The number of aryl methyl sites for hydroxylation is 1. The Morgan fingerprint density at radius 3 is 2.58 bits per heavy atom. The van der Waals surface area contributed by atoms with Gasteiger partial charge in [-0.25, -0.2) is 12.8 Å². The largest absolute Gasteiger partial charge is 0.495 e. The molecule has 0 fully saturated rings. The molecule has 0 aliphatic rings. The summed E-state index contributed by atoms with van der Waals surface area (Å²) in [6.45, 7) is 1.31. The molecule has 0 unspecified atom stereocenters. The third-order valence-corrected chi connectivity index (χ3v) is 5.70. The van der Waals surface area contributed by atoms with E-state index in [2.05, 4.69) is 5.32 Å². The van der Waals surface area contributed by atoms with Crippen LogP contribution in [0.5, 0.6) is 5.75 Å². The van der Waals surface area contributed by atoms with Crippen LogP contribution in [0.1, 0.15) is 5.56 Å². The Bertz CT molecular complexity index is 934. The molecule has 1 amide bonds. The van der Waals surface area contributed by atoms with Crippen molar-refractivity contribution in [3.63, 3.8) is 0 Å². The number of ether oxygens (including phenoxy) is 1. The maximum absolute atomic E-state index is 13.5. The molecule has 0 radical (unpaired) electrons. The number of carbonyl (C=O) groups is 1. The molecule has 0 spiro atoms.